The number of nitrogens with one attached hydrogen (secondary N) is 1. The first-order chi connectivity index (χ1) is 11.1. The number of H-pyrrole nitrogens is 1. The van der Waals surface area contributed by atoms with Gasteiger partial charge in [-0.25, -0.2) is 0 Å². The molecule has 2 aromatic heterocycles. The van der Waals surface area contributed by atoms with Gasteiger partial charge in [-0.15, -0.1) is 0 Å². The molecular weight excluding hydrogens is 358 g/mol. The van der Waals surface area contributed by atoms with Crippen molar-refractivity contribution in [2.24, 2.45) is 5.92 Å². The van der Waals surface area contributed by atoms with Gasteiger partial charge >= 0.3 is 0 Å². The lowest BCUT2D eigenvalue weighted by atomic mass is 9.82. The Morgan fingerprint density at radius 3 is 2.91 bits per heavy atom. The molecule has 0 bridgehead atoms. The highest BCUT2D eigenvalue weighted by molar-refractivity contribution is 9.10. The second-order valence-corrected chi connectivity index (χ2v) is 7.24. The average Bonchev–Trinajstić information content (AvgIpc) is 2.89. The molecular formula is C17H18BrN3O2. The zero-order valence-corrected chi connectivity index (χ0v) is 14.7. The summed E-state index contributed by atoms with van der Waals surface area (Å²) in [7, 11) is 1.76. The molecule has 0 atom stereocenters. The molecule has 2 heterocycles. The van der Waals surface area contributed by atoms with Crippen molar-refractivity contribution in [2.75, 3.05) is 7.11 Å². The lowest BCUT2D eigenvalue weighted by molar-refractivity contribution is -0.00503. The Labute approximate surface area is 141 Å². The summed E-state index contributed by atoms with van der Waals surface area (Å²) in [6.07, 6.45) is 4.16. The van der Waals surface area contributed by atoms with E-state index >= 15 is 0 Å². The molecule has 120 valence electrons. The minimum atomic E-state index is -0.0798. The van der Waals surface area contributed by atoms with E-state index in [1.807, 2.05) is 17.7 Å². The average molecular weight is 376 g/mol. The summed E-state index contributed by atoms with van der Waals surface area (Å²) in [5.74, 6) is 0.561. The predicted molar refractivity (Wildman–Crippen MR) is 93.8 cm³/mol. The summed E-state index contributed by atoms with van der Waals surface area (Å²) in [4.78, 5) is 15.3. The van der Waals surface area contributed by atoms with Crippen LogP contribution in [0, 0.1) is 12.8 Å². The van der Waals surface area contributed by atoms with Gasteiger partial charge < -0.3 is 9.72 Å². The van der Waals surface area contributed by atoms with E-state index in [1.165, 1.54) is 0 Å². The number of methoxy groups -OCH3 is 1. The molecule has 3 aromatic rings. The molecule has 1 aromatic carbocycles. The minimum absolute atomic E-state index is 0.0798. The van der Waals surface area contributed by atoms with Gasteiger partial charge in [0.05, 0.1) is 28.7 Å². The normalized spacial score (nSPS) is 21.0. The van der Waals surface area contributed by atoms with Crippen LogP contribution in [0.4, 0.5) is 0 Å². The number of hydrogen-bond acceptors (Lipinski definition) is 3. The second kappa shape index (κ2) is 5.46. The molecule has 0 spiro atoms. The quantitative estimate of drug-likeness (QED) is 0.763. The maximum absolute atomic E-state index is 12.3. The number of pyridine rings is 1. The van der Waals surface area contributed by atoms with Crippen molar-refractivity contribution >= 4 is 37.7 Å². The molecule has 4 rings (SSSR count). The fraction of sp³-hybridized carbons (Fsp3) is 0.412. The third-order valence-corrected chi connectivity index (χ3v) is 5.70. The minimum Gasteiger partial charge on any atom is -0.381 e. The third-order valence-electron chi connectivity index (χ3n) is 4.84. The van der Waals surface area contributed by atoms with Crippen molar-refractivity contribution in [3.05, 3.63) is 38.7 Å². The zero-order chi connectivity index (χ0) is 16.1. The van der Waals surface area contributed by atoms with Crippen molar-refractivity contribution in [2.45, 2.75) is 32.4 Å². The smallest absolute Gasteiger partial charge is 0.259 e. The van der Waals surface area contributed by atoms with Crippen LogP contribution in [0.3, 0.4) is 0 Å². The maximum Gasteiger partial charge on any atom is 0.259 e. The Hall–Kier alpha value is -1.66. The third kappa shape index (κ3) is 2.40. The number of aromatic nitrogens is 3. The van der Waals surface area contributed by atoms with Gasteiger partial charge in [-0.1, -0.05) is 15.9 Å². The highest BCUT2D eigenvalue weighted by Gasteiger charge is 2.30. The summed E-state index contributed by atoms with van der Waals surface area (Å²) >= 11 is 3.59. The van der Waals surface area contributed by atoms with Gasteiger partial charge in [-0.2, -0.15) is 5.10 Å². The van der Waals surface area contributed by atoms with Gasteiger partial charge in [0.25, 0.3) is 5.56 Å². The van der Waals surface area contributed by atoms with Gasteiger partial charge in [-0.05, 0) is 43.4 Å². The van der Waals surface area contributed by atoms with E-state index in [-0.39, 0.29) is 5.56 Å². The Balaban J connectivity index is 1.85. The van der Waals surface area contributed by atoms with Crippen LogP contribution in [-0.4, -0.2) is 28.0 Å². The topological polar surface area (TPSA) is 59.9 Å². The Kier molecular flexibility index (Phi) is 3.54. The standard InChI is InChI=1S/C17H18BrN3O2/c1-9-3-15-12(6-14(9)18)16-13(17(22)20-15)7-19-21(16)8-10-4-11(5-10)23-2/h3,6-7,10-11H,4-5,8H2,1-2H3,(H,20,22). The zero-order valence-electron chi connectivity index (χ0n) is 13.1. The Bertz CT molecular complexity index is 954. The lowest BCUT2D eigenvalue weighted by Gasteiger charge is -2.34. The van der Waals surface area contributed by atoms with Gasteiger partial charge in [0, 0.05) is 23.5 Å². The van der Waals surface area contributed by atoms with Crippen LogP contribution < -0.4 is 5.56 Å². The van der Waals surface area contributed by atoms with Crippen LogP contribution in [0.2, 0.25) is 0 Å². The van der Waals surface area contributed by atoms with Crippen molar-refractivity contribution in [1.29, 1.82) is 0 Å². The number of aromatic amines is 1. The monoisotopic (exact) mass is 375 g/mol. The van der Waals surface area contributed by atoms with Gasteiger partial charge in [0.15, 0.2) is 0 Å². The Morgan fingerprint density at radius 1 is 1.39 bits per heavy atom. The van der Waals surface area contributed by atoms with E-state index in [2.05, 4.69) is 32.1 Å². The van der Waals surface area contributed by atoms with E-state index in [0.29, 0.717) is 17.4 Å². The molecule has 6 heteroatoms. The number of ether oxygens (including phenoxy) is 1. The van der Waals surface area contributed by atoms with E-state index in [0.717, 1.165) is 45.8 Å². The van der Waals surface area contributed by atoms with Crippen LogP contribution in [0.1, 0.15) is 18.4 Å². The molecule has 0 saturated heterocycles. The highest BCUT2D eigenvalue weighted by Crippen LogP contribution is 2.33. The van der Waals surface area contributed by atoms with Crippen LogP contribution in [0.25, 0.3) is 21.8 Å². The number of hydrogen-bond donors (Lipinski definition) is 1. The molecule has 23 heavy (non-hydrogen) atoms. The van der Waals surface area contributed by atoms with Crippen LogP contribution in [-0.2, 0) is 11.3 Å². The summed E-state index contributed by atoms with van der Waals surface area (Å²) < 4.78 is 8.36. The summed E-state index contributed by atoms with van der Waals surface area (Å²) in [6.45, 7) is 2.84. The van der Waals surface area contributed by atoms with E-state index in [1.54, 1.807) is 13.3 Å². The van der Waals surface area contributed by atoms with E-state index in [9.17, 15) is 4.79 Å². The lowest BCUT2D eigenvalue weighted by Crippen LogP contribution is -2.33. The first-order valence-electron chi connectivity index (χ1n) is 7.77. The first-order valence-corrected chi connectivity index (χ1v) is 8.56. The van der Waals surface area contributed by atoms with Crippen molar-refractivity contribution in [3.63, 3.8) is 0 Å². The molecule has 0 radical (unpaired) electrons. The van der Waals surface area contributed by atoms with Crippen LogP contribution in [0.5, 0.6) is 0 Å². The summed E-state index contributed by atoms with van der Waals surface area (Å²) in [5.41, 5.74) is 2.79. The molecule has 1 aliphatic carbocycles. The number of rotatable bonds is 3. The largest absolute Gasteiger partial charge is 0.381 e. The van der Waals surface area contributed by atoms with Gasteiger partial charge in [0.1, 0.15) is 0 Å². The number of benzene rings is 1. The van der Waals surface area contributed by atoms with Crippen LogP contribution >= 0.6 is 15.9 Å². The Morgan fingerprint density at radius 2 is 2.17 bits per heavy atom. The number of fused-ring (bicyclic) bond motifs is 3. The number of nitrogens with zero attached hydrogens (tertiary/aromatic N) is 2. The van der Waals surface area contributed by atoms with E-state index < -0.39 is 0 Å². The highest BCUT2D eigenvalue weighted by atomic mass is 79.9. The second-order valence-electron chi connectivity index (χ2n) is 6.39. The molecule has 0 unspecified atom stereocenters. The number of halogens is 1. The molecule has 1 saturated carbocycles. The summed E-state index contributed by atoms with van der Waals surface area (Å²) in [6, 6.07) is 4.07. The SMILES string of the molecule is COC1CC(Cn2ncc3c(=O)[nH]c4cc(C)c(Br)cc4c32)C1. The van der Waals surface area contributed by atoms with Gasteiger partial charge in [-0.3, -0.25) is 9.48 Å². The fourth-order valence-electron chi connectivity index (χ4n) is 3.41. The molecule has 1 fully saturated rings. The molecule has 0 amide bonds. The molecule has 0 aliphatic heterocycles. The maximum atomic E-state index is 12.3. The molecule has 1 aliphatic rings. The first kappa shape index (κ1) is 14.9. The molecule has 1 N–H and O–H groups in total. The van der Waals surface area contributed by atoms with Crippen LogP contribution in [0.15, 0.2) is 27.6 Å². The van der Waals surface area contributed by atoms with E-state index in [4.69, 9.17) is 4.74 Å². The van der Waals surface area contributed by atoms with Crippen molar-refractivity contribution in [3.8, 4) is 0 Å². The number of aryl methyl sites for hydroxylation is 1. The fourth-order valence-corrected chi connectivity index (χ4v) is 3.75. The van der Waals surface area contributed by atoms with Crippen molar-refractivity contribution in [1.82, 2.24) is 14.8 Å². The summed E-state index contributed by atoms with van der Waals surface area (Å²) in [5, 5.41) is 6.15. The van der Waals surface area contributed by atoms with Gasteiger partial charge in [0.2, 0.25) is 0 Å². The predicted octanol–water partition coefficient (Wildman–Crippen LogP) is 3.37. The molecule has 5 nitrogen and oxygen atoms in total. The van der Waals surface area contributed by atoms with Crippen molar-refractivity contribution < 1.29 is 4.74 Å².